The minimum absolute atomic E-state index is 0.0103. The van der Waals surface area contributed by atoms with Crippen molar-refractivity contribution in [3.8, 4) is 0 Å². The highest BCUT2D eigenvalue weighted by atomic mass is 16.7. The maximum atomic E-state index is 5.57. The van der Waals surface area contributed by atoms with Crippen LogP contribution >= 0.6 is 0 Å². The van der Waals surface area contributed by atoms with Gasteiger partial charge in [0, 0.05) is 19.0 Å². The predicted molar refractivity (Wildman–Crippen MR) is 49.1 cm³/mol. The van der Waals surface area contributed by atoms with Crippen LogP contribution in [0.1, 0.15) is 19.3 Å². The fourth-order valence-electron chi connectivity index (χ4n) is 1.47. The molecule has 72 valence electrons. The van der Waals surface area contributed by atoms with E-state index < -0.39 is 0 Å². The maximum absolute atomic E-state index is 5.57. The Kier molecular flexibility index (Phi) is 3.00. The Morgan fingerprint density at radius 1 is 1.31 bits per heavy atom. The van der Waals surface area contributed by atoms with Gasteiger partial charge in [0.05, 0.1) is 0 Å². The molecule has 1 aliphatic rings. The number of aromatic nitrogens is 1. The van der Waals surface area contributed by atoms with Crippen molar-refractivity contribution in [3.05, 3.63) is 24.5 Å². The van der Waals surface area contributed by atoms with E-state index in [1.165, 1.54) is 12.8 Å². The Balaban J connectivity index is 1.72. The van der Waals surface area contributed by atoms with Gasteiger partial charge in [0.15, 0.2) is 6.29 Å². The van der Waals surface area contributed by atoms with E-state index in [4.69, 9.17) is 9.47 Å². The maximum Gasteiger partial charge on any atom is 0.159 e. The van der Waals surface area contributed by atoms with E-state index in [0.717, 1.165) is 13.0 Å². The zero-order valence-corrected chi connectivity index (χ0v) is 7.69. The van der Waals surface area contributed by atoms with Crippen LogP contribution in [-0.4, -0.2) is 17.5 Å². The lowest BCUT2D eigenvalue weighted by Crippen LogP contribution is -2.23. The van der Waals surface area contributed by atoms with Gasteiger partial charge in [-0.05, 0) is 31.4 Å². The van der Waals surface area contributed by atoms with Gasteiger partial charge in [-0.25, -0.2) is 0 Å². The second-order valence-electron chi connectivity index (χ2n) is 3.29. The van der Waals surface area contributed by atoms with E-state index in [9.17, 15) is 0 Å². The fraction of sp³-hybridized carbons (Fsp3) is 0.600. The molecule has 0 amide bonds. The first-order chi connectivity index (χ1) is 6.45. The van der Waals surface area contributed by atoms with Gasteiger partial charge in [0.2, 0.25) is 0 Å². The molecule has 1 atom stereocenters. The summed E-state index contributed by atoms with van der Waals surface area (Å²) in [7, 11) is 0. The van der Waals surface area contributed by atoms with Crippen LogP contribution in [0.25, 0.3) is 0 Å². The normalized spacial score (nSPS) is 23.2. The van der Waals surface area contributed by atoms with Crippen LogP contribution in [0, 0.1) is 0 Å². The zero-order valence-electron chi connectivity index (χ0n) is 7.69. The predicted octanol–water partition coefficient (Wildman–Crippen LogP) is 1.99. The number of hydrogen-bond acceptors (Lipinski definition) is 2. The fourth-order valence-corrected chi connectivity index (χ4v) is 1.47. The van der Waals surface area contributed by atoms with E-state index in [0.29, 0.717) is 6.73 Å². The monoisotopic (exact) mass is 181 g/mol. The van der Waals surface area contributed by atoms with Crippen LogP contribution in [-0.2, 0) is 16.2 Å². The molecule has 0 spiro atoms. The van der Waals surface area contributed by atoms with Crippen molar-refractivity contribution >= 4 is 0 Å². The first kappa shape index (κ1) is 8.78. The molecule has 1 saturated heterocycles. The highest BCUT2D eigenvalue weighted by Gasteiger charge is 2.13. The molecule has 13 heavy (non-hydrogen) atoms. The van der Waals surface area contributed by atoms with Crippen molar-refractivity contribution in [2.24, 2.45) is 0 Å². The molecule has 0 aromatic carbocycles. The summed E-state index contributed by atoms with van der Waals surface area (Å²) in [6.07, 6.45) is 7.41. The summed E-state index contributed by atoms with van der Waals surface area (Å²) < 4.78 is 13.0. The van der Waals surface area contributed by atoms with Crippen LogP contribution in [0.15, 0.2) is 24.5 Å². The SMILES string of the molecule is c1ccn(COC2CCCCO2)c1. The van der Waals surface area contributed by atoms with Crippen molar-refractivity contribution in [2.75, 3.05) is 6.61 Å². The van der Waals surface area contributed by atoms with Gasteiger partial charge in [0.25, 0.3) is 0 Å². The van der Waals surface area contributed by atoms with Gasteiger partial charge in [-0.3, -0.25) is 0 Å². The van der Waals surface area contributed by atoms with Crippen molar-refractivity contribution < 1.29 is 9.47 Å². The van der Waals surface area contributed by atoms with Crippen molar-refractivity contribution in [1.29, 1.82) is 0 Å². The molecular weight excluding hydrogens is 166 g/mol. The summed E-state index contributed by atoms with van der Waals surface area (Å²) in [5.74, 6) is 0. The second-order valence-corrected chi connectivity index (χ2v) is 3.29. The summed E-state index contributed by atoms with van der Waals surface area (Å²) in [4.78, 5) is 0. The molecule has 1 aromatic rings. The van der Waals surface area contributed by atoms with Gasteiger partial charge >= 0.3 is 0 Å². The van der Waals surface area contributed by atoms with Crippen molar-refractivity contribution in [1.82, 2.24) is 4.57 Å². The average Bonchev–Trinajstić information content (AvgIpc) is 2.69. The highest BCUT2D eigenvalue weighted by molar-refractivity contribution is 4.89. The van der Waals surface area contributed by atoms with E-state index >= 15 is 0 Å². The molecule has 0 radical (unpaired) electrons. The smallest absolute Gasteiger partial charge is 0.159 e. The highest BCUT2D eigenvalue weighted by Crippen LogP contribution is 2.13. The quantitative estimate of drug-likeness (QED) is 0.712. The van der Waals surface area contributed by atoms with Crippen LogP contribution in [0.5, 0.6) is 0 Å². The first-order valence-corrected chi connectivity index (χ1v) is 4.79. The van der Waals surface area contributed by atoms with Crippen LogP contribution in [0.2, 0.25) is 0 Å². The molecule has 0 aliphatic carbocycles. The molecule has 2 heterocycles. The third-order valence-electron chi connectivity index (χ3n) is 2.21. The molecule has 1 aromatic heterocycles. The van der Waals surface area contributed by atoms with Crippen LogP contribution < -0.4 is 0 Å². The number of nitrogens with zero attached hydrogens (tertiary/aromatic N) is 1. The molecule has 1 aliphatic heterocycles. The molecule has 2 rings (SSSR count). The molecule has 0 bridgehead atoms. The lowest BCUT2D eigenvalue weighted by Gasteiger charge is -2.22. The minimum atomic E-state index is 0.0103. The van der Waals surface area contributed by atoms with Gasteiger partial charge in [0.1, 0.15) is 6.73 Å². The third kappa shape index (κ3) is 2.57. The first-order valence-electron chi connectivity index (χ1n) is 4.79. The summed E-state index contributed by atoms with van der Waals surface area (Å²) in [6, 6.07) is 3.98. The van der Waals surface area contributed by atoms with Gasteiger partial charge in [-0.15, -0.1) is 0 Å². The Hall–Kier alpha value is -0.800. The van der Waals surface area contributed by atoms with E-state index in [2.05, 4.69) is 0 Å². The molecule has 1 unspecified atom stereocenters. The lowest BCUT2D eigenvalue weighted by atomic mass is 10.2. The largest absolute Gasteiger partial charge is 0.353 e. The summed E-state index contributed by atoms with van der Waals surface area (Å²) in [6.45, 7) is 1.44. The standard InChI is InChI=1S/C10H15NO2/c1-4-8-12-10(5-1)13-9-11-6-2-3-7-11/h2-3,6-7,10H,1,4-5,8-9H2. The number of hydrogen-bond donors (Lipinski definition) is 0. The molecule has 3 nitrogen and oxygen atoms in total. The van der Waals surface area contributed by atoms with Gasteiger partial charge in [-0.2, -0.15) is 0 Å². The Morgan fingerprint density at radius 2 is 2.15 bits per heavy atom. The lowest BCUT2D eigenvalue weighted by molar-refractivity contribution is -0.180. The summed E-state index contributed by atoms with van der Waals surface area (Å²) in [5, 5.41) is 0. The average molecular weight is 181 g/mol. The minimum Gasteiger partial charge on any atom is -0.353 e. The zero-order chi connectivity index (χ0) is 8.93. The molecular formula is C10H15NO2. The molecule has 0 saturated carbocycles. The summed E-state index contributed by atoms with van der Waals surface area (Å²) in [5.41, 5.74) is 0. The van der Waals surface area contributed by atoms with E-state index in [1.807, 2.05) is 29.1 Å². The number of ether oxygens (including phenoxy) is 2. The Bertz CT molecular complexity index is 227. The van der Waals surface area contributed by atoms with Gasteiger partial charge in [-0.1, -0.05) is 0 Å². The molecule has 1 fully saturated rings. The Morgan fingerprint density at radius 3 is 2.85 bits per heavy atom. The molecule has 0 N–H and O–H groups in total. The second kappa shape index (κ2) is 4.44. The van der Waals surface area contributed by atoms with Crippen molar-refractivity contribution in [2.45, 2.75) is 32.3 Å². The van der Waals surface area contributed by atoms with E-state index in [-0.39, 0.29) is 6.29 Å². The Labute approximate surface area is 78.3 Å². The topological polar surface area (TPSA) is 23.4 Å². The van der Waals surface area contributed by atoms with Crippen LogP contribution in [0.4, 0.5) is 0 Å². The van der Waals surface area contributed by atoms with E-state index in [1.54, 1.807) is 0 Å². The summed E-state index contributed by atoms with van der Waals surface area (Å²) >= 11 is 0. The molecule has 3 heteroatoms. The third-order valence-corrected chi connectivity index (χ3v) is 2.21. The van der Waals surface area contributed by atoms with Gasteiger partial charge < -0.3 is 14.0 Å². The number of rotatable bonds is 3. The van der Waals surface area contributed by atoms with Crippen molar-refractivity contribution in [3.63, 3.8) is 0 Å². The van der Waals surface area contributed by atoms with Crippen LogP contribution in [0.3, 0.4) is 0 Å².